The van der Waals surface area contributed by atoms with Crippen molar-refractivity contribution in [2.24, 2.45) is 0 Å². The molecule has 5 heteroatoms. The van der Waals surface area contributed by atoms with Gasteiger partial charge in [0, 0.05) is 5.75 Å². The summed E-state index contributed by atoms with van der Waals surface area (Å²) in [6.07, 6.45) is 1.03. The second-order valence-corrected chi connectivity index (χ2v) is 5.52. The van der Waals surface area contributed by atoms with Crippen LogP contribution >= 0.6 is 11.8 Å². The van der Waals surface area contributed by atoms with Gasteiger partial charge in [-0.05, 0) is 37.6 Å². The first-order valence-electron chi connectivity index (χ1n) is 6.45. The van der Waals surface area contributed by atoms with E-state index in [9.17, 15) is 0 Å². The predicted molar refractivity (Wildman–Crippen MR) is 79.2 cm³/mol. The van der Waals surface area contributed by atoms with Gasteiger partial charge in [0.1, 0.15) is 6.04 Å². The van der Waals surface area contributed by atoms with Gasteiger partial charge in [-0.3, -0.25) is 0 Å². The topological polar surface area (TPSA) is 64.5 Å². The van der Waals surface area contributed by atoms with Crippen LogP contribution in [0.25, 0.3) is 11.0 Å². The number of H-pyrrole nitrogens is 1. The standard InChI is InChI=1S/C14H18N4S/c1-3-6-16-11(8-15)9-19-14-17-12-5-4-10(2)7-13(12)18-14/h4-5,7,11,16H,3,6,9H2,1-2H3,(H,17,18). The molecule has 1 aromatic heterocycles. The first-order chi connectivity index (χ1) is 9.22. The maximum Gasteiger partial charge on any atom is 0.166 e. The summed E-state index contributed by atoms with van der Waals surface area (Å²) in [6.45, 7) is 5.03. The molecule has 19 heavy (non-hydrogen) atoms. The first-order valence-corrected chi connectivity index (χ1v) is 7.43. The highest BCUT2D eigenvalue weighted by molar-refractivity contribution is 7.99. The molecule has 0 saturated carbocycles. The quantitative estimate of drug-likeness (QED) is 0.795. The van der Waals surface area contributed by atoms with Crippen molar-refractivity contribution in [3.8, 4) is 6.07 Å². The van der Waals surface area contributed by atoms with E-state index in [0.29, 0.717) is 5.75 Å². The number of rotatable bonds is 6. The Kier molecular flexibility index (Phi) is 4.83. The van der Waals surface area contributed by atoms with Gasteiger partial charge >= 0.3 is 0 Å². The zero-order valence-electron chi connectivity index (χ0n) is 11.2. The fourth-order valence-electron chi connectivity index (χ4n) is 1.79. The molecule has 0 aliphatic heterocycles. The number of aryl methyl sites for hydroxylation is 1. The largest absolute Gasteiger partial charge is 0.333 e. The van der Waals surface area contributed by atoms with E-state index in [-0.39, 0.29) is 6.04 Å². The predicted octanol–water partition coefficient (Wildman–Crippen LogP) is 2.86. The first kappa shape index (κ1) is 13.9. The third-order valence-corrected chi connectivity index (χ3v) is 3.77. The van der Waals surface area contributed by atoms with Crippen LogP contribution in [0.3, 0.4) is 0 Å². The number of benzene rings is 1. The molecule has 0 radical (unpaired) electrons. The number of fused-ring (bicyclic) bond motifs is 1. The van der Waals surface area contributed by atoms with E-state index in [1.807, 2.05) is 6.07 Å². The molecule has 0 aliphatic carbocycles. The molecular weight excluding hydrogens is 256 g/mol. The van der Waals surface area contributed by atoms with Crippen molar-refractivity contribution < 1.29 is 0 Å². The highest BCUT2D eigenvalue weighted by atomic mass is 32.2. The molecule has 2 N–H and O–H groups in total. The Hall–Kier alpha value is -1.51. The maximum absolute atomic E-state index is 9.05. The van der Waals surface area contributed by atoms with Gasteiger partial charge in [0.05, 0.1) is 17.1 Å². The molecule has 1 aromatic carbocycles. The van der Waals surface area contributed by atoms with Gasteiger partial charge in [-0.1, -0.05) is 24.8 Å². The molecule has 1 heterocycles. The fraction of sp³-hybridized carbons (Fsp3) is 0.429. The Bertz CT molecular complexity index is 585. The molecule has 1 atom stereocenters. The third kappa shape index (κ3) is 3.72. The minimum Gasteiger partial charge on any atom is -0.333 e. The zero-order chi connectivity index (χ0) is 13.7. The molecule has 0 spiro atoms. The molecule has 2 rings (SSSR count). The summed E-state index contributed by atoms with van der Waals surface area (Å²) < 4.78 is 0. The highest BCUT2D eigenvalue weighted by Crippen LogP contribution is 2.20. The normalized spacial score (nSPS) is 12.5. The minimum atomic E-state index is -0.125. The summed E-state index contributed by atoms with van der Waals surface area (Å²) in [7, 11) is 0. The molecule has 100 valence electrons. The molecule has 0 aliphatic rings. The number of aromatic nitrogens is 2. The third-order valence-electron chi connectivity index (χ3n) is 2.80. The van der Waals surface area contributed by atoms with Crippen molar-refractivity contribution in [2.45, 2.75) is 31.5 Å². The van der Waals surface area contributed by atoms with Crippen molar-refractivity contribution in [3.05, 3.63) is 23.8 Å². The average molecular weight is 274 g/mol. The number of nitrogens with zero attached hydrogens (tertiary/aromatic N) is 2. The number of thioether (sulfide) groups is 1. The van der Waals surface area contributed by atoms with E-state index in [1.165, 1.54) is 5.56 Å². The van der Waals surface area contributed by atoms with Crippen LogP contribution in [0.5, 0.6) is 0 Å². The van der Waals surface area contributed by atoms with E-state index in [2.05, 4.69) is 47.3 Å². The van der Waals surface area contributed by atoms with Gasteiger partial charge in [-0.25, -0.2) is 4.98 Å². The number of nitriles is 1. The monoisotopic (exact) mass is 274 g/mol. The molecule has 0 amide bonds. The van der Waals surface area contributed by atoms with Crippen LogP contribution in [-0.4, -0.2) is 28.3 Å². The van der Waals surface area contributed by atoms with Gasteiger partial charge < -0.3 is 10.3 Å². The Morgan fingerprint density at radius 2 is 2.37 bits per heavy atom. The fourth-order valence-corrected chi connectivity index (χ4v) is 2.65. The van der Waals surface area contributed by atoms with Gasteiger partial charge in [0.15, 0.2) is 5.16 Å². The number of aromatic amines is 1. The summed E-state index contributed by atoms with van der Waals surface area (Å²) in [5, 5.41) is 13.1. The SMILES string of the molecule is CCCNC(C#N)CSc1nc2ccc(C)cc2[nH]1. The Balaban J connectivity index is 1.99. The van der Waals surface area contributed by atoms with Crippen LogP contribution in [0, 0.1) is 18.3 Å². The molecular formula is C14H18N4S. The zero-order valence-corrected chi connectivity index (χ0v) is 12.0. The van der Waals surface area contributed by atoms with E-state index in [1.54, 1.807) is 11.8 Å². The number of nitrogens with one attached hydrogen (secondary N) is 2. The summed E-state index contributed by atoms with van der Waals surface area (Å²) in [6, 6.07) is 8.31. The second kappa shape index (κ2) is 6.60. The molecule has 0 saturated heterocycles. The van der Waals surface area contributed by atoms with Crippen molar-refractivity contribution in [1.82, 2.24) is 15.3 Å². The van der Waals surface area contributed by atoms with E-state index in [0.717, 1.165) is 29.2 Å². The van der Waals surface area contributed by atoms with Crippen molar-refractivity contribution in [2.75, 3.05) is 12.3 Å². The lowest BCUT2D eigenvalue weighted by Crippen LogP contribution is -2.30. The summed E-state index contributed by atoms with van der Waals surface area (Å²) in [5.74, 6) is 0.704. The van der Waals surface area contributed by atoms with Gasteiger partial charge in [-0.2, -0.15) is 5.26 Å². The average Bonchev–Trinajstić information content (AvgIpc) is 2.81. The van der Waals surface area contributed by atoms with Crippen LogP contribution < -0.4 is 5.32 Å². The number of hydrogen-bond acceptors (Lipinski definition) is 4. The van der Waals surface area contributed by atoms with Crippen molar-refractivity contribution in [3.63, 3.8) is 0 Å². The van der Waals surface area contributed by atoms with Crippen LogP contribution in [-0.2, 0) is 0 Å². The molecule has 4 nitrogen and oxygen atoms in total. The van der Waals surface area contributed by atoms with E-state index in [4.69, 9.17) is 5.26 Å². The van der Waals surface area contributed by atoms with Crippen LogP contribution in [0.4, 0.5) is 0 Å². The number of imidazole rings is 1. The van der Waals surface area contributed by atoms with Crippen molar-refractivity contribution in [1.29, 1.82) is 5.26 Å². The molecule has 2 aromatic rings. The highest BCUT2D eigenvalue weighted by Gasteiger charge is 2.09. The van der Waals surface area contributed by atoms with E-state index < -0.39 is 0 Å². The Morgan fingerprint density at radius 1 is 1.53 bits per heavy atom. The van der Waals surface area contributed by atoms with Crippen LogP contribution in [0.15, 0.2) is 23.4 Å². The summed E-state index contributed by atoms with van der Waals surface area (Å²) in [5.41, 5.74) is 3.24. The lowest BCUT2D eigenvalue weighted by atomic mass is 10.2. The number of hydrogen-bond donors (Lipinski definition) is 2. The summed E-state index contributed by atoms with van der Waals surface area (Å²) in [4.78, 5) is 7.80. The lowest BCUT2D eigenvalue weighted by molar-refractivity contribution is 0.637. The van der Waals surface area contributed by atoms with Crippen LogP contribution in [0.1, 0.15) is 18.9 Å². The maximum atomic E-state index is 9.05. The summed E-state index contributed by atoms with van der Waals surface area (Å²) >= 11 is 1.58. The molecule has 0 fully saturated rings. The molecule has 0 bridgehead atoms. The van der Waals surface area contributed by atoms with Crippen LogP contribution in [0.2, 0.25) is 0 Å². The smallest absolute Gasteiger partial charge is 0.166 e. The van der Waals surface area contributed by atoms with Gasteiger partial charge in [0.2, 0.25) is 0 Å². The minimum absolute atomic E-state index is 0.125. The Labute approximate surface area is 117 Å². The van der Waals surface area contributed by atoms with Gasteiger partial charge in [-0.15, -0.1) is 0 Å². The Morgan fingerprint density at radius 3 is 3.11 bits per heavy atom. The second-order valence-electron chi connectivity index (χ2n) is 4.51. The lowest BCUT2D eigenvalue weighted by Gasteiger charge is -2.08. The van der Waals surface area contributed by atoms with E-state index >= 15 is 0 Å². The molecule has 1 unspecified atom stereocenters. The van der Waals surface area contributed by atoms with Gasteiger partial charge in [0.25, 0.3) is 0 Å². The van der Waals surface area contributed by atoms with Crippen molar-refractivity contribution >= 4 is 22.8 Å².